The van der Waals surface area contributed by atoms with Gasteiger partial charge in [-0.1, -0.05) is 57.6 Å². The average molecular weight is 440 g/mol. The third-order valence-electron chi connectivity index (χ3n) is 4.80. The SMILES string of the molecule is CCS(=O)CCCCCCCCCCC(=O)Nc1ccccc1OCCCC(=O)O. The number of carboxylic acid groups (broad SMARTS) is 1. The molecule has 2 N–H and O–H groups in total. The van der Waals surface area contributed by atoms with Gasteiger partial charge in [-0.15, -0.1) is 0 Å². The summed E-state index contributed by atoms with van der Waals surface area (Å²) in [5.74, 6) is 1.30. The second-order valence-corrected chi connectivity index (χ2v) is 9.27. The lowest BCUT2D eigenvalue weighted by Gasteiger charge is -2.12. The van der Waals surface area contributed by atoms with Gasteiger partial charge < -0.3 is 15.2 Å². The Morgan fingerprint density at radius 1 is 0.933 bits per heavy atom. The van der Waals surface area contributed by atoms with E-state index in [4.69, 9.17) is 9.84 Å². The van der Waals surface area contributed by atoms with Crippen molar-refractivity contribution < 1.29 is 23.6 Å². The largest absolute Gasteiger partial charge is 0.491 e. The molecule has 0 fully saturated rings. The summed E-state index contributed by atoms with van der Waals surface area (Å²) in [5.41, 5.74) is 0.627. The summed E-state index contributed by atoms with van der Waals surface area (Å²) in [7, 11) is -0.631. The standard InChI is InChI=1S/C23H37NO5S/c1-2-30(28)19-12-8-6-4-3-5-7-9-16-22(25)24-20-14-10-11-15-21(20)29-18-13-17-23(26)27/h10-11,14-15H,2-9,12-13,16-19H2,1H3,(H,24,25)(H,26,27). The van der Waals surface area contributed by atoms with Crippen LogP contribution >= 0.6 is 0 Å². The maximum absolute atomic E-state index is 12.2. The highest BCUT2D eigenvalue weighted by atomic mass is 32.2. The number of amides is 1. The fourth-order valence-corrected chi connectivity index (χ4v) is 3.88. The van der Waals surface area contributed by atoms with E-state index >= 15 is 0 Å². The number of anilines is 1. The van der Waals surface area contributed by atoms with Gasteiger partial charge in [-0.25, -0.2) is 0 Å². The molecule has 0 saturated heterocycles. The lowest BCUT2D eigenvalue weighted by molar-refractivity contribution is -0.137. The van der Waals surface area contributed by atoms with Crippen LogP contribution in [0.3, 0.4) is 0 Å². The van der Waals surface area contributed by atoms with Crippen molar-refractivity contribution in [2.75, 3.05) is 23.4 Å². The predicted octanol–water partition coefficient (Wildman–Crippen LogP) is 5.15. The first-order valence-electron chi connectivity index (χ1n) is 11.1. The quantitative estimate of drug-likeness (QED) is 0.309. The summed E-state index contributed by atoms with van der Waals surface area (Å²) in [5, 5.41) is 11.6. The Labute approximate surface area is 183 Å². The number of carbonyl (C=O) groups excluding carboxylic acids is 1. The van der Waals surface area contributed by atoms with Crippen molar-refractivity contribution in [3.8, 4) is 5.75 Å². The molecule has 1 rings (SSSR count). The first-order valence-corrected chi connectivity index (χ1v) is 12.6. The summed E-state index contributed by atoms with van der Waals surface area (Å²) in [6.07, 6.45) is 9.83. The molecule has 1 aromatic carbocycles. The van der Waals surface area contributed by atoms with Crippen LogP contribution in [0.1, 0.15) is 77.6 Å². The Morgan fingerprint density at radius 2 is 1.57 bits per heavy atom. The summed E-state index contributed by atoms with van der Waals surface area (Å²) in [6.45, 7) is 2.27. The highest BCUT2D eigenvalue weighted by molar-refractivity contribution is 7.84. The molecule has 0 aromatic heterocycles. The zero-order valence-corrected chi connectivity index (χ0v) is 19.0. The number of ether oxygens (including phenoxy) is 1. The molecule has 6 nitrogen and oxygen atoms in total. The molecule has 0 aliphatic heterocycles. The van der Waals surface area contributed by atoms with Crippen LogP contribution in [0.5, 0.6) is 5.75 Å². The van der Waals surface area contributed by atoms with E-state index in [9.17, 15) is 13.8 Å². The molecule has 0 aliphatic carbocycles. The highest BCUT2D eigenvalue weighted by Gasteiger charge is 2.08. The van der Waals surface area contributed by atoms with Crippen molar-refractivity contribution in [3.63, 3.8) is 0 Å². The zero-order chi connectivity index (χ0) is 22.0. The molecule has 1 amide bonds. The van der Waals surface area contributed by atoms with E-state index in [1.807, 2.05) is 19.1 Å². The molecule has 1 atom stereocenters. The molecule has 30 heavy (non-hydrogen) atoms. The van der Waals surface area contributed by atoms with Gasteiger partial charge in [0.1, 0.15) is 5.75 Å². The van der Waals surface area contributed by atoms with Crippen LogP contribution in [0.2, 0.25) is 0 Å². The molecular weight excluding hydrogens is 402 g/mol. The topological polar surface area (TPSA) is 92.7 Å². The van der Waals surface area contributed by atoms with Crippen molar-refractivity contribution in [3.05, 3.63) is 24.3 Å². The van der Waals surface area contributed by atoms with Gasteiger partial charge in [0.15, 0.2) is 0 Å². The molecule has 1 unspecified atom stereocenters. The van der Waals surface area contributed by atoms with Crippen LogP contribution in [-0.2, 0) is 20.4 Å². The number of aliphatic carboxylic acids is 1. The molecular formula is C23H37NO5S. The third kappa shape index (κ3) is 13.4. The number of carboxylic acids is 1. The maximum Gasteiger partial charge on any atom is 0.303 e. The fourth-order valence-electron chi connectivity index (χ4n) is 3.07. The number of carbonyl (C=O) groups is 2. The molecule has 1 aromatic rings. The number of unbranched alkanes of at least 4 members (excludes halogenated alkanes) is 7. The van der Waals surface area contributed by atoms with Crippen LogP contribution in [0, 0.1) is 0 Å². The minimum Gasteiger partial charge on any atom is -0.491 e. The van der Waals surface area contributed by atoms with Crippen molar-refractivity contribution in [2.24, 2.45) is 0 Å². The van der Waals surface area contributed by atoms with Gasteiger partial charge in [-0.05, 0) is 31.4 Å². The summed E-state index contributed by atoms with van der Waals surface area (Å²) >= 11 is 0. The number of hydrogen-bond acceptors (Lipinski definition) is 4. The van der Waals surface area contributed by atoms with Crippen LogP contribution in [0.15, 0.2) is 24.3 Å². The Bertz CT molecular complexity index is 650. The van der Waals surface area contributed by atoms with Gasteiger partial charge in [0, 0.05) is 35.1 Å². The van der Waals surface area contributed by atoms with E-state index in [0.29, 0.717) is 30.9 Å². The number of benzene rings is 1. The van der Waals surface area contributed by atoms with Gasteiger partial charge in [0.05, 0.1) is 12.3 Å². The van der Waals surface area contributed by atoms with E-state index in [2.05, 4.69) is 5.32 Å². The molecule has 170 valence electrons. The van der Waals surface area contributed by atoms with Crippen molar-refractivity contribution in [1.82, 2.24) is 0 Å². The smallest absolute Gasteiger partial charge is 0.303 e. The van der Waals surface area contributed by atoms with Crippen LogP contribution in [-0.4, -0.2) is 39.3 Å². The van der Waals surface area contributed by atoms with Crippen molar-refractivity contribution in [2.45, 2.75) is 77.6 Å². The minimum atomic E-state index is -0.843. The molecule has 0 aliphatic rings. The normalized spacial score (nSPS) is 11.8. The molecule has 0 heterocycles. The average Bonchev–Trinajstić information content (AvgIpc) is 2.73. The van der Waals surface area contributed by atoms with Crippen LogP contribution in [0.4, 0.5) is 5.69 Å². The van der Waals surface area contributed by atoms with Crippen LogP contribution < -0.4 is 10.1 Å². The van der Waals surface area contributed by atoms with Crippen molar-refractivity contribution >= 4 is 28.4 Å². The van der Waals surface area contributed by atoms with E-state index in [-0.39, 0.29) is 12.3 Å². The van der Waals surface area contributed by atoms with E-state index in [1.54, 1.807) is 12.1 Å². The fraction of sp³-hybridized carbons (Fsp3) is 0.652. The molecule has 7 heteroatoms. The second kappa shape index (κ2) is 16.9. The second-order valence-electron chi connectivity index (χ2n) is 7.40. The molecule has 0 saturated carbocycles. The molecule has 0 bridgehead atoms. The van der Waals surface area contributed by atoms with Crippen molar-refractivity contribution in [1.29, 1.82) is 0 Å². The minimum absolute atomic E-state index is 0.0273. The zero-order valence-electron chi connectivity index (χ0n) is 18.2. The summed E-state index contributed by atoms with van der Waals surface area (Å²) in [6, 6.07) is 7.22. The number of rotatable bonds is 18. The Balaban J connectivity index is 2.11. The first-order chi connectivity index (χ1) is 14.5. The van der Waals surface area contributed by atoms with Gasteiger partial charge in [0.25, 0.3) is 0 Å². The van der Waals surface area contributed by atoms with Gasteiger partial charge in [-0.3, -0.25) is 13.8 Å². The summed E-state index contributed by atoms with van der Waals surface area (Å²) < 4.78 is 17.0. The van der Waals surface area contributed by atoms with Gasteiger partial charge >= 0.3 is 5.97 Å². The van der Waals surface area contributed by atoms with E-state index < -0.39 is 16.8 Å². The first kappa shape index (κ1) is 26.1. The van der Waals surface area contributed by atoms with E-state index in [1.165, 1.54) is 19.3 Å². The lowest BCUT2D eigenvalue weighted by Crippen LogP contribution is -2.12. The Morgan fingerprint density at radius 3 is 2.23 bits per heavy atom. The number of para-hydroxylation sites is 2. The number of nitrogens with one attached hydrogen (secondary N) is 1. The Kier molecular flexibility index (Phi) is 14.7. The Hall–Kier alpha value is -1.89. The highest BCUT2D eigenvalue weighted by Crippen LogP contribution is 2.24. The lowest BCUT2D eigenvalue weighted by atomic mass is 10.1. The third-order valence-corrected chi connectivity index (χ3v) is 6.19. The molecule has 0 spiro atoms. The predicted molar refractivity (Wildman–Crippen MR) is 123 cm³/mol. The maximum atomic E-state index is 12.2. The van der Waals surface area contributed by atoms with Gasteiger partial charge in [-0.2, -0.15) is 0 Å². The van der Waals surface area contributed by atoms with E-state index in [0.717, 1.165) is 43.6 Å². The summed E-state index contributed by atoms with van der Waals surface area (Å²) in [4.78, 5) is 22.8. The van der Waals surface area contributed by atoms with Crippen LogP contribution in [0.25, 0.3) is 0 Å². The monoisotopic (exact) mass is 439 g/mol. The van der Waals surface area contributed by atoms with Gasteiger partial charge in [0.2, 0.25) is 5.91 Å². The molecule has 0 radical (unpaired) electrons. The number of hydrogen-bond donors (Lipinski definition) is 2.